The molecule has 0 aliphatic carbocycles. The zero-order valence-electron chi connectivity index (χ0n) is 22.6. The molecule has 0 amide bonds. The fourth-order valence-corrected chi connectivity index (χ4v) is 3.93. The van der Waals surface area contributed by atoms with Gasteiger partial charge >= 0.3 is 0 Å². The second-order valence-electron chi connectivity index (χ2n) is 10.0. The number of unbranched alkanes of at least 4 members (excludes halogenated alkanes) is 12. The number of hydrogen-bond donors (Lipinski definition) is 2. The lowest BCUT2D eigenvalue weighted by molar-refractivity contribution is -0.576. The average Bonchev–Trinajstić information content (AvgIpc) is 2.83. The molecule has 0 saturated carbocycles. The fourth-order valence-electron chi connectivity index (χ4n) is 3.93. The lowest BCUT2D eigenvalue weighted by Crippen LogP contribution is -2.42. The van der Waals surface area contributed by atoms with Crippen LogP contribution in [0.15, 0.2) is 0 Å². The maximum Gasteiger partial charge on any atom is 0.244 e. The van der Waals surface area contributed by atoms with E-state index in [-0.39, 0.29) is 23.1 Å². The van der Waals surface area contributed by atoms with Gasteiger partial charge in [-0.15, -0.1) is 0 Å². The number of nitrogens with zero attached hydrogens (tertiary/aromatic N) is 2. The highest BCUT2D eigenvalue weighted by Gasteiger charge is 2.40. The molecule has 0 saturated heterocycles. The van der Waals surface area contributed by atoms with Crippen molar-refractivity contribution in [1.29, 1.82) is 0 Å². The zero-order valence-corrected chi connectivity index (χ0v) is 22.6. The van der Waals surface area contributed by atoms with Crippen LogP contribution in [0, 0.1) is 20.2 Å². The Kier molecular flexibility index (Phi) is 22.8. The summed E-state index contributed by atoms with van der Waals surface area (Å²) < 4.78 is 0. The second-order valence-corrected chi connectivity index (χ2v) is 10.0. The van der Waals surface area contributed by atoms with E-state index in [4.69, 9.17) is 10.2 Å². The van der Waals surface area contributed by atoms with Gasteiger partial charge in [-0.25, -0.2) is 0 Å². The van der Waals surface area contributed by atoms with Gasteiger partial charge in [-0.05, 0) is 19.3 Å². The smallest absolute Gasteiger partial charge is 0.244 e. The highest BCUT2D eigenvalue weighted by molar-refractivity contribution is 4.78. The third kappa shape index (κ3) is 16.4. The van der Waals surface area contributed by atoms with Gasteiger partial charge in [0.15, 0.2) is 0 Å². The van der Waals surface area contributed by atoms with Gasteiger partial charge in [-0.1, -0.05) is 97.8 Å². The molecule has 0 aliphatic rings. The molecule has 0 heterocycles. The Balaban J connectivity index is 0. The Morgan fingerprint density at radius 2 is 0.941 bits per heavy atom. The van der Waals surface area contributed by atoms with E-state index >= 15 is 0 Å². The van der Waals surface area contributed by atoms with E-state index in [0.29, 0.717) is 19.3 Å². The Labute approximate surface area is 208 Å². The molecule has 204 valence electrons. The van der Waals surface area contributed by atoms with Crippen molar-refractivity contribution in [2.45, 2.75) is 154 Å². The fraction of sp³-hybridized carbons (Fsp3) is 1.00. The van der Waals surface area contributed by atoms with E-state index < -0.39 is 11.1 Å². The molecule has 8 nitrogen and oxygen atoms in total. The first-order chi connectivity index (χ1) is 16.2. The van der Waals surface area contributed by atoms with Crippen molar-refractivity contribution < 1.29 is 20.1 Å². The third-order valence-electron chi connectivity index (χ3n) is 6.77. The van der Waals surface area contributed by atoms with Crippen LogP contribution in [0.1, 0.15) is 143 Å². The first-order valence-corrected chi connectivity index (χ1v) is 13.7. The summed E-state index contributed by atoms with van der Waals surface area (Å²) in [7, 11) is 0. The van der Waals surface area contributed by atoms with Crippen LogP contribution in [-0.2, 0) is 0 Å². The van der Waals surface area contributed by atoms with E-state index in [1.165, 1.54) is 58.3 Å². The van der Waals surface area contributed by atoms with E-state index in [0.717, 1.165) is 44.9 Å². The first-order valence-electron chi connectivity index (χ1n) is 13.7. The molecular weight excluding hydrogens is 436 g/mol. The van der Waals surface area contributed by atoms with Crippen molar-refractivity contribution in [3.05, 3.63) is 20.2 Å². The predicted octanol–water partition coefficient (Wildman–Crippen LogP) is 7.09. The van der Waals surface area contributed by atoms with Crippen LogP contribution in [0.25, 0.3) is 0 Å². The highest BCUT2D eigenvalue weighted by atomic mass is 16.6. The molecule has 0 bridgehead atoms. The van der Waals surface area contributed by atoms with Crippen LogP contribution in [0.4, 0.5) is 0 Å². The molecule has 0 aromatic rings. The molecule has 1 atom stereocenters. The standard InChI is InChI=1S/C16H33NO3.C10H21NO3/c1-3-4-5-6-7-8-9-10-11-12-13-14-16(2,15-18)17(19)20;1-3-5-7-10(9-12,11(13)14)8-6-4-2/h18H,3-15H2,1-2H3;12H,3-9H2,1-2H3. The van der Waals surface area contributed by atoms with Gasteiger partial charge in [-0.2, -0.15) is 0 Å². The molecule has 0 aromatic heterocycles. The number of rotatable bonds is 22. The summed E-state index contributed by atoms with van der Waals surface area (Å²) in [6, 6.07) is 0. The minimum absolute atomic E-state index is 0.293. The molecule has 0 fully saturated rings. The van der Waals surface area contributed by atoms with Crippen LogP contribution in [0.2, 0.25) is 0 Å². The normalized spacial score (nSPS) is 13.1. The molecule has 0 aliphatic heterocycles. The summed E-state index contributed by atoms with van der Waals surface area (Å²) in [5, 5.41) is 40.0. The molecule has 0 aromatic carbocycles. The molecule has 0 radical (unpaired) electrons. The Hall–Kier alpha value is -1.28. The third-order valence-corrected chi connectivity index (χ3v) is 6.77. The van der Waals surface area contributed by atoms with Crippen molar-refractivity contribution in [3.63, 3.8) is 0 Å². The van der Waals surface area contributed by atoms with Gasteiger partial charge in [0.1, 0.15) is 13.2 Å². The average molecular weight is 491 g/mol. The van der Waals surface area contributed by atoms with Crippen LogP contribution in [0.3, 0.4) is 0 Å². The van der Waals surface area contributed by atoms with Crippen LogP contribution >= 0.6 is 0 Å². The number of aliphatic hydroxyl groups is 2. The summed E-state index contributed by atoms with van der Waals surface area (Å²) in [6.07, 6.45) is 18.6. The Morgan fingerprint density at radius 1 is 0.559 bits per heavy atom. The zero-order chi connectivity index (χ0) is 26.3. The lowest BCUT2D eigenvalue weighted by Gasteiger charge is -2.22. The van der Waals surface area contributed by atoms with Gasteiger partial charge in [0.25, 0.3) is 0 Å². The maximum absolute atomic E-state index is 10.9. The SMILES string of the molecule is CCCCC(CO)(CCCC)[N+](=O)[O-].CCCCCCCCCCCCCC(C)(CO)[N+](=O)[O-]. The monoisotopic (exact) mass is 490 g/mol. The number of hydrogen-bond acceptors (Lipinski definition) is 6. The minimum Gasteiger partial charge on any atom is -0.389 e. The van der Waals surface area contributed by atoms with E-state index in [9.17, 15) is 20.2 Å². The summed E-state index contributed by atoms with van der Waals surface area (Å²) in [5.41, 5.74) is -2.22. The van der Waals surface area contributed by atoms with E-state index in [1.807, 2.05) is 13.8 Å². The number of aliphatic hydroxyl groups excluding tert-OH is 2. The van der Waals surface area contributed by atoms with Crippen LogP contribution < -0.4 is 0 Å². The van der Waals surface area contributed by atoms with Gasteiger partial charge in [-0.3, -0.25) is 20.2 Å². The largest absolute Gasteiger partial charge is 0.389 e. The summed E-state index contributed by atoms with van der Waals surface area (Å²) in [6.45, 7) is 7.07. The van der Waals surface area contributed by atoms with E-state index in [2.05, 4.69) is 6.92 Å². The van der Waals surface area contributed by atoms with E-state index in [1.54, 1.807) is 0 Å². The molecular formula is C26H54N2O6. The highest BCUT2D eigenvalue weighted by Crippen LogP contribution is 2.24. The molecule has 0 spiro atoms. The lowest BCUT2D eigenvalue weighted by atomic mass is 9.89. The van der Waals surface area contributed by atoms with Gasteiger partial charge in [0.2, 0.25) is 11.1 Å². The molecule has 0 rings (SSSR count). The van der Waals surface area contributed by atoms with Gasteiger partial charge in [0, 0.05) is 36.0 Å². The second kappa shape index (κ2) is 22.2. The number of nitro groups is 2. The molecule has 2 N–H and O–H groups in total. The minimum atomic E-state index is -1.14. The Morgan fingerprint density at radius 3 is 1.24 bits per heavy atom. The van der Waals surface area contributed by atoms with Gasteiger partial charge in [0.05, 0.1) is 0 Å². The summed E-state index contributed by atoms with van der Waals surface area (Å²) in [5.74, 6) is 0. The molecule has 1 unspecified atom stereocenters. The summed E-state index contributed by atoms with van der Waals surface area (Å²) >= 11 is 0. The van der Waals surface area contributed by atoms with Crippen molar-refractivity contribution in [3.8, 4) is 0 Å². The Bertz CT molecular complexity index is 496. The summed E-state index contributed by atoms with van der Waals surface area (Å²) in [4.78, 5) is 21.1. The first kappa shape index (κ1) is 34.9. The van der Waals surface area contributed by atoms with Crippen molar-refractivity contribution >= 4 is 0 Å². The van der Waals surface area contributed by atoms with Crippen molar-refractivity contribution in [2.75, 3.05) is 13.2 Å². The topological polar surface area (TPSA) is 127 Å². The molecule has 8 heteroatoms. The predicted molar refractivity (Wildman–Crippen MR) is 139 cm³/mol. The molecule has 34 heavy (non-hydrogen) atoms. The van der Waals surface area contributed by atoms with Crippen molar-refractivity contribution in [2.24, 2.45) is 0 Å². The van der Waals surface area contributed by atoms with Crippen LogP contribution in [-0.4, -0.2) is 44.4 Å². The quantitative estimate of drug-likeness (QED) is 0.0947. The van der Waals surface area contributed by atoms with Gasteiger partial charge < -0.3 is 10.2 Å². The van der Waals surface area contributed by atoms with Crippen LogP contribution in [0.5, 0.6) is 0 Å². The van der Waals surface area contributed by atoms with Crippen molar-refractivity contribution in [1.82, 2.24) is 0 Å². The maximum atomic E-state index is 10.9.